The Morgan fingerprint density at radius 3 is 2.62 bits per heavy atom. The number of hydrogen-bond donors (Lipinski definition) is 1. The van der Waals surface area contributed by atoms with E-state index in [2.05, 4.69) is 17.4 Å². The molecule has 1 rings (SSSR count). The summed E-state index contributed by atoms with van der Waals surface area (Å²) in [7, 11) is 0. The maximum Gasteiger partial charge on any atom is 0.387 e. The number of carbonyl (C=O) groups is 1. The highest BCUT2D eigenvalue weighted by Gasteiger charge is 2.19. The van der Waals surface area contributed by atoms with Crippen LogP contribution in [0.3, 0.4) is 0 Å². The first kappa shape index (κ1) is 13.3. The molecule has 0 saturated carbocycles. The Morgan fingerprint density at radius 2 is 2.12 bits per heavy atom. The number of carbonyl (C=O) groups excluding carboxylic acids is 1. The second kappa shape index (κ2) is 5.50. The molecule has 0 heterocycles. The van der Waals surface area contributed by atoms with E-state index in [-0.39, 0.29) is 16.4 Å². The van der Waals surface area contributed by atoms with Crippen molar-refractivity contribution in [1.29, 1.82) is 0 Å². The maximum atomic E-state index is 12.0. The highest BCUT2D eigenvalue weighted by Crippen LogP contribution is 2.34. The van der Waals surface area contributed by atoms with Gasteiger partial charge in [0, 0.05) is 0 Å². The molecule has 0 N–H and O–H groups in total. The van der Waals surface area contributed by atoms with Crippen LogP contribution in [0, 0.1) is 0 Å². The molecule has 0 aliphatic rings. The van der Waals surface area contributed by atoms with Crippen LogP contribution in [0.4, 0.5) is 8.78 Å². The second-order valence-corrected chi connectivity index (χ2v) is 3.93. The van der Waals surface area contributed by atoms with Crippen molar-refractivity contribution in [3.8, 4) is 5.75 Å². The van der Waals surface area contributed by atoms with Gasteiger partial charge in [-0.2, -0.15) is 8.78 Å². The average Bonchev–Trinajstić information content (AvgIpc) is 2.19. The lowest BCUT2D eigenvalue weighted by Crippen LogP contribution is -2.06. The maximum absolute atomic E-state index is 12.0. The lowest BCUT2D eigenvalue weighted by molar-refractivity contribution is -0.116. The Hall–Kier alpha value is -0.810. The molecule has 2 nitrogen and oxygen atoms in total. The lowest BCUT2D eigenvalue weighted by Gasteiger charge is -2.13. The molecule has 0 aliphatic carbocycles. The van der Waals surface area contributed by atoms with E-state index >= 15 is 0 Å². The number of hydrogen-bond acceptors (Lipinski definition) is 3. The molecule has 6 heteroatoms. The molecule has 88 valence electrons. The van der Waals surface area contributed by atoms with Crippen molar-refractivity contribution in [2.45, 2.75) is 23.8 Å². The van der Waals surface area contributed by atoms with Crippen LogP contribution >= 0.6 is 24.2 Å². The van der Waals surface area contributed by atoms with Crippen molar-refractivity contribution in [3.05, 3.63) is 23.8 Å². The summed E-state index contributed by atoms with van der Waals surface area (Å²) in [6, 6.07) is 4.35. The van der Waals surface area contributed by atoms with Crippen molar-refractivity contribution in [2.75, 3.05) is 0 Å². The quantitative estimate of drug-likeness (QED) is 0.667. The Labute approximate surface area is 102 Å². The number of benzene rings is 1. The largest absolute Gasteiger partial charge is 0.434 e. The van der Waals surface area contributed by atoms with Gasteiger partial charge >= 0.3 is 6.61 Å². The van der Waals surface area contributed by atoms with Gasteiger partial charge in [0.1, 0.15) is 11.1 Å². The monoisotopic (exact) mass is 266 g/mol. The van der Waals surface area contributed by atoms with Gasteiger partial charge in [-0.05, 0) is 18.6 Å². The van der Waals surface area contributed by atoms with Crippen molar-refractivity contribution < 1.29 is 18.3 Å². The molecule has 1 unspecified atom stereocenters. The minimum absolute atomic E-state index is 0.0947. The summed E-state index contributed by atoms with van der Waals surface area (Å²) in [5, 5.41) is -0.909. The number of rotatable bonds is 4. The number of thiol groups is 1. The van der Waals surface area contributed by atoms with Crippen LogP contribution in [0.25, 0.3) is 0 Å². The third-order valence-corrected chi connectivity index (χ3v) is 2.90. The molecule has 1 atom stereocenters. The van der Waals surface area contributed by atoms with Gasteiger partial charge in [0.2, 0.25) is 0 Å². The molecule has 0 fully saturated rings. The smallest absolute Gasteiger partial charge is 0.387 e. The first-order valence-electron chi connectivity index (χ1n) is 4.34. The predicted molar refractivity (Wildman–Crippen MR) is 59.6 cm³/mol. The molecule has 1 aromatic rings. The SMILES string of the molecule is CC(=O)C(Cl)c1cccc(OC(F)F)c1S. The zero-order chi connectivity index (χ0) is 12.3. The molecule has 0 spiro atoms. The summed E-state index contributed by atoms with van der Waals surface area (Å²) in [5.41, 5.74) is 0.357. The van der Waals surface area contributed by atoms with Crippen LogP contribution in [0.15, 0.2) is 23.1 Å². The van der Waals surface area contributed by atoms with Crippen molar-refractivity contribution >= 4 is 30.0 Å². The van der Waals surface area contributed by atoms with E-state index in [1.54, 1.807) is 6.07 Å². The summed E-state index contributed by atoms with van der Waals surface area (Å²) in [6.45, 7) is -1.63. The third-order valence-electron chi connectivity index (χ3n) is 1.88. The van der Waals surface area contributed by atoms with E-state index in [9.17, 15) is 13.6 Å². The fourth-order valence-corrected chi connectivity index (χ4v) is 1.74. The van der Waals surface area contributed by atoms with E-state index < -0.39 is 12.0 Å². The first-order chi connectivity index (χ1) is 7.43. The molecule has 0 saturated heterocycles. The molecule has 0 aromatic heterocycles. The van der Waals surface area contributed by atoms with E-state index in [4.69, 9.17) is 11.6 Å². The molecule has 0 radical (unpaired) electrons. The van der Waals surface area contributed by atoms with Crippen molar-refractivity contribution in [2.24, 2.45) is 0 Å². The van der Waals surface area contributed by atoms with Crippen molar-refractivity contribution in [3.63, 3.8) is 0 Å². The van der Waals surface area contributed by atoms with E-state index in [1.165, 1.54) is 19.1 Å². The predicted octanol–water partition coefficient (Wildman–Crippen LogP) is 3.45. The number of ether oxygens (including phenoxy) is 1. The summed E-state index contributed by atoms with van der Waals surface area (Å²) in [6.07, 6.45) is 0. The van der Waals surface area contributed by atoms with E-state index in [0.717, 1.165) is 0 Å². The fourth-order valence-electron chi connectivity index (χ4n) is 1.15. The first-order valence-corrected chi connectivity index (χ1v) is 5.23. The summed E-state index contributed by atoms with van der Waals surface area (Å²) in [4.78, 5) is 11.2. The Balaban J connectivity index is 3.08. The summed E-state index contributed by atoms with van der Waals surface area (Å²) < 4.78 is 28.3. The number of ketones is 1. The van der Waals surface area contributed by atoms with Gasteiger partial charge in [0.15, 0.2) is 5.78 Å². The van der Waals surface area contributed by atoms with Gasteiger partial charge in [-0.1, -0.05) is 12.1 Å². The minimum Gasteiger partial charge on any atom is -0.434 e. The zero-order valence-electron chi connectivity index (χ0n) is 8.28. The third kappa shape index (κ3) is 3.09. The topological polar surface area (TPSA) is 26.3 Å². The van der Waals surface area contributed by atoms with Gasteiger partial charge < -0.3 is 4.74 Å². The highest BCUT2D eigenvalue weighted by atomic mass is 35.5. The van der Waals surface area contributed by atoms with Crippen LogP contribution in [0.1, 0.15) is 17.9 Å². The number of Topliss-reactive ketones (excluding diaryl/α,β-unsaturated/α-hetero) is 1. The van der Waals surface area contributed by atoms with Crippen molar-refractivity contribution in [1.82, 2.24) is 0 Å². The van der Waals surface area contributed by atoms with Crippen LogP contribution in [0.5, 0.6) is 5.75 Å². The molecule has 0 amide bonds. The van der Waals surface area contributed by atoms with Gasteiger partial charge in [-0.15, -0.1) is 24.2 Å². The molecular formula is C10H9ClF2O2S. The molecule has 1 aromatic carbocycles. The highest BCUT2D eigenvalue weighted by molar-refractivity contribution is 7.80. The van der Waals surface area contributed by atoms with Gasteiger partial charge in [-0.25, -0.2) is 0 Å². The van der Waals surface area contributed by atoms with Crippen LogP contribution < -0.4 is 4.74 Å². The average molecular weight is 267 g/mol. The molecule has 0 bridgehead atoms. The summed E-state index contributed by atoms with van der Waals surface area (Å²) >= 11 is 9.84. The summed E-state index contributed by atoms with van der Waals surface area (Å²) in [5.74, 6) is -0.381. The molecular weight excluding hydrogens is 258 g/mol. The van der Waals surface area contributed by atoms with Crippen LogP contribution in [-0.4, -0.2) is 12.4 Å². The standard InChI is InChI=1S/C10H9ClF2O2S/c1-5(14)8(11)6-3-2-4-7(9(6)16)15-10(12)13/h2-4,8,10,16H,1H3. The Morgan fingerprint density at radius 1 is 1.50 bits per heavy atom. The Bertz CT molecular complexity index is 398. The lowest BCUT2D eigenvalue weighted by atomic mass is 10.1. The molecule has 16 heavy (non-hydrogen) atoms. The van der Waals surface area contributed by atoms with Crippen LogP contribution in [0.2, 0.25) is 0 Å². The minimum atomic E-state index is -2.94. The van der Waals surface area contributed by atoms with E-state index in [0.29, 0.717) is 5.56 Å². The number of alkyl halides is 3. The van der Waals surface area contributed by atoms with Gasteiger partial charge in [0.05, 0.1) is 4.90 Å². The Kier molecular flexibility index (Phi) is 4.56. The van der Waals surface area contributed by atoms with Gasteiger partial charge in [-0.3, -0.25) is 4.79 Å². The second-order valence-electron chi connectivity index (χ2n) is 3.05. The molecule has 0 aliphatic heterocycles. The number of halogens is 3. The van der Waals surface area contributed by atoms with E-state index in [1.807, 2.05) is 0 Å². The van der Waals surface area contributed by atoms with Crippen LogP contribution in [-0.2, 0) is 4.79 Å². The normalized spacial score (nSPS) is 12.6. The van der Waals surface area contributed by atoms with Gasteiger partial charge in [0.25, 0.3) is 0 Å². The zero-order valence-corrected chi connectivity index (χ0v) is 9.93. The fraction of sp³-hybridized carbons (Fsp3) is 0.300.